The van der Waals surface area contributed by atoms with Crippen molar-refractivity contribution in [3.05, 3.63) is 0 Å². The van der Waals surface area contributed by atoms with Crippen LogP contribution in [0.2, 0.25) is 0 Å². The van der Waals surface area contributed by atoms with Crippen molar-refractivity contribution in [2.75, 3.05) is 19.8 Å². The van der Waals surface area contributed by atoms with Crippen LogP contribution >= 0.6 is 0 Å². The summed E-state index contributed by atoms with van der Waals surface area (Å²) in [5, 5.41) is 20.1. The zero-order valence-corrected chi connectivity index (χ0v) is 15.8. The third kappa shape index (κ3) is 10.7. The maximum absolute atomic E-state index is 10.5. The molecule has 4 heteroatoms. The summed E-state index contributed by atoms with van der Waals surface area (Å²) in [7, 11) is 0. The molecule has 0 amide bonds. The first-order valence-electron chi connectivity index (χ1n) is 10.3. The first-order valence-corrected chi connectivity index (χ1v) is 10.3. The average Bonchev–Trinajstić information content (AvgIpc) is 2.61. The molecule has 0 aliphatic carbocycles. The second-order valence-corrected chi connectivity index (χ2v) is 7.38. The Labute approximate surface area is 148 Å². The quantitative estimate of drug-likeness (QED) is 0.427. The Hall–Kier alpha value is -0.160. The minimum Gasteiger partial charge on any atom is -0.393 e. The summed E-state index contributed by atoms with van der Waals surface area (Å²) >= 11 is 0. The monoisotopic (exact) mass is 344 g/mol. The molecule has 24 heavy (non-hydrogen) atoms. The van der Waals surface area contributed by atoms with E-state index >= 15 is 0 Å². The smallest absolute Gasteiger partial charge is 0.157 e. The molecule has 0 saturated carbocycles. The van der Waals surface area contributed by atoms with Gasteiger partial charge in [0, 0.05) is 0 Å². The largest absolute Gasteiger partial charge is 0.393 e. The van der Waals surface area contributed by atoms with E-state index in [0.717, 1.165) is 45.3 Å². The molecule has 1 aliphatic heterocycles. The van der Waals surface area contributed by atoms with Crippen LogP contribution in [0.3, 0.4) is 0 Å². The molecule has 1 fully saturated rings. The van der Waals surface area contributed by atoms with E-state index in [4.69, 9.17) is 9.47 Å². The summed E-state index contributed by atoms with van der Waals surface area (Å²) in [5.74, 6) is 0. The molecule has 0 radical (unpaired) electrons. The lowest BCUT2D eigenvalue weighted by molar-refractivity contribution is -0.183. The molecule has 0 bridgehead atoms. The summed E-state index contributed by atoms with van der Waals surface area (Å²) in [4.78, 5) is 0. The highest BCUT2D eigenvalue weighted by Crippen LogP contribution is 2.23. The molecule has 1 atom stereocenters. The lowest BCUT2D eigenvalue weighted by Crippen LogP contribution is -2.34. The molecule has 0 aromatic heterocycles. The predicted molar refractivity (Wildman–Crippen MR) is 98.0 cm³/mol. The van der Waals surface area contributed by atoms with Crippen molar-refractivity contribution < 1.29 is 19.7 Å². The van der Waals surface area contributed by atoms with Gasteiger partial charge in [0.25, 0.3) is 0 Å². The molecular weight excluding hydrogens is 304 g/mol. The van der Waals surface area contributed by atoms with Gasteiger partial charge in [-0.15, -0.1) is 0 Å². The highest BCUT2D eigenvalue weighted by atomic mass is 16.7. The Kier molecular flexibility index (Phi) is 12.8. The Morgan fingerprint density at radius 3 is 1.96 bits per heavy atom. The molecule has 0 unspecified atom stereocenters. The summed E-state index contributed by atoms with van der Waals surface area (Å²) in [6.45, 7) is 3.65. The molecule has 144 valence electrons. The number of hydrogen-bond acceptors (Lipinski definition) is 4. The number of rotatable bonds is 15. The SMILES string of the molecule is CCCCCCCCCCC[C@](O)(CO)CCCC1OCCCO1. The molecule has 0 aromatic rings. The van der Waals surface area contributed by atoms with E-state index in [1.54, 1.807) is 0 Å². The summed E-state index contributed by atoms with van der Waals surface area (Å²) in [6.07, 6.45) is 15.3. The van der Waals surface area contributed by atoms with E-state index in [0.29, 0.717) is 12.8 Å². The Morgan fingerprint density at radius 1 is 0.833 bits per heavy atom. The van der Waals surface area contributed by atoms with Crippen LogP contribution in [0.5, 0.6) is 0 Å². The molecule has 0 spiro atoms. The zero-order valence-electron chi connectivity index (χ0n) is 15.8. The molecule has 1 rings (SSSR count). The summed E-state index contributed by atoms with van der Waals surface area (Å²) in [6, 6.07) is 0. The third-order valence-corrected chi connectivity index (χ3v) is 5.02. The maximum atomic E-state index is 10.5. The number of aliphatic hydroxyl groups is 2. The zero-order chi connectivity index (χ0) is 17.5. The minimum absolute atomic E-state index is 0.116. The first-order chi connectivity index (χ1) is 11.7. The highest BCUT2D eigenvalue weighted by Gasteiger charge is 2.26. The first kappa shape index (κ1) is 21.9. The van der Waals surface area contributed by atoms with Gasteiger partial charge in [0.1, 0.15) is 0 Å². The van der Waals surface area contributed by atoms with Gasteiger partial charge in [-0.2, -0.15) is 0 Å². The standard InChI is InChI=1S/C20H40O4/c1-2-3-4-5-6-7-8-9-10-14-20(22,18-21)15-11-13-19-23-16-12-17-24-19/h19,21-22H,2-18H2,1H3/t20-/m1/s1. The van der Waals surface area contributed by atoms with E-state index in [2.05, 4.69) is 6.92 Å². The molecule has 4 nitrogen and oxygen atoms in total. The Balaban J connectivity index is 2.00. The predicted octanol–water partition coefficient (Wildman–Crippen LogP) is 4.56. The van der Waals surface area contributed by atoms with E-state index in [1.807, 2.05) is 0 Å². The number of ether oxygens (including phenoxy) is 2. The molecule has 0 aromatic carbocycles. The fourth-order valence-corrected chi connectivity index (χ4v) is 3.35. The highest BCUT2D eigenvalue weighted by molar-refractivity contribution is 4.77. The van der Waals surface area contributed by atoms with Gasteiger partial charge in [0.05, 0.1) is 25.4 Å². The lowest BCUT2D eigenvalue weighted by atomic mass is 9.91. The van der Waals surface area contributed by atoms with Crippen LogP contribution in [-0.2, 0) is 9.47 Å². The van der Waals surface area contributed by atoms with E-state index in [1.165, 1.54) is 44.9 Å². The number of unbranched alkanes of at least 4 members (excludes halogenated alkanes) is 8. The second-order valence-electron chi connectivity index (χ2n) is 7.38. The fourth-order valence-electron chi connectivity index (χ4n) is 3.35. The summed E-state index contributed by atoms with van der Waals surface area (Å²) in [5.41, 5.74) is -0.921. The molecule has 2 N–H and O–H groups in total. The van der Waals surface area contributed by atoms with Gasteiger partial charge in [-0.1, -0.05) is 64.7 Å². The van der Waals surface area contributed by atoms with Gasteiger partial charge in [0.2, 0.25) is 0 Å². The molecular formula is C20H40O4. The minimum atomic E-state index is -0.921. The van der Waals surface area contributed by atoms with Gasteiger partial charge in [0.15, 0.2) is 6.29 Å². The lowest BCUT2D eigenvalue weighted by Gasteiger charge is -2.28. The number of aliphatic hydroxyl groups excluding tert-OH is 1. The molecule has 1 saturated heterocycles. The average molecular weight is 345 g/mol. The van der Waals surface area contributed by atoms with Crippen LogP contribution in [-0.4, -0.2) is 41.9 Å². The van der Waals surface area contributed by atoms with Crippen molar-refractivity contribution in [3.63, 3.8) is 0 Å². The van der Waals surface area contributed by atoms with Crippen LogP contribution < -0.4 is 0 Å². The van der Waals surface area contributed by atoms with Gasteiger partial charge in [-0.25, -0.2) is 0 Å². The third-order valence-electron chi connectivity index (χ3n) is 5.02. The van der Waals surface area contributed by atoms with Crippen molar-refractivity contribution in [1.82, 2.24) is 0 Å². The van der Waals surface area contributed by atoms with E-state index < -0.39 is 5.60 Å². The normalized spacial score (nSPS) is 18.6. The van der Waals surface area contributed by atoms with Crippen LogP contribution in [0, 0.1) is 0 Å². The van der Waals surface area contributed by atoms with Crippen LogP contribution in [0.4, 0.5) is 0 Å². The Morgan fingerprint density at radius 2 is 1.38 bits per heavy atom. The van der Waals surface area contributed by atoms with E-state index in [9.17, 15) is 10.2 Å². The van der Waals surface area contributed by atoms with Crippen molar-refractivity contribution in [3.8, 4) is 0 Å². The molecule has 1 aliphatic rings. The van der Waals surface area contributed by atoms with E-state index in [-0.39, 0.29) is 12.9 Å². The van der Waals surface area contributed by atoms with Gasteiger partial charge >= 0.3 is 0 Å². The van der Waals surface area contributed by atoms with Crippen LogP contribution in [0.1, 0.15) is 96.8 Å². The summed E-state index contributed by atoms with van der Waals surface area (Å²) < 4.78 is 11.0. The van der Waals surface area contributed by atoms with Gasteiger partial charge in [-0.3, -0.25) is 0 Å². The Bertz CT molecular complexity index is 279. The maximum Gasteiger partial charge on any atom is 0.157 e. The van der Waals surface area contributed by atoms with Gasteiger partial charge < -0.3 is 19.7 Å². The van der Waals surface area contributed by atoms with Crippen molar-refractivity contribution in [2.24, 2.45) is 0 Å². The van der Waals surface area contributed by atoms with Crippen molar-refractivity contribution >= 4 is 0 Å². The number of hydrogen-bond donors (Lipinski definition) is 2. The molecule has 1 heterocycles. The van der Waals surface area contributed by atoms with Crippen LogP contribution in [0.25, 0.3) is 0 Å². The van der Waals surface area contributed by atoms with Crippen molar-refractivity contribution in [2.45, 2.75) is 109 Å². The van der Waals surface area contributed by atoms with Gasteiger partial charge in [-0.05, 0) is 32.1 Å². The fraction of sp³-hybridized carbons (Fsp3) is 1.00. The van der Waals surface area contributed by atoms with Crippen molar-refractivity contribution in [1.29, 1.82) is 0 Å². The second kappa shape index (κ2) is 14.1. The van der Waals surface area contributed by atoms with Crippen LogP contribution in [0.15, 0.2) is 0 Å². The topological polar surface area (TPSA) is 58.9 Å².